The molecule has 0 atom stereocenters. The molecular weight excluding hydrogens is 386 g/mol. The van der Waals surface area contributed by atoms with Gasteiger partial charge in [0.15, 0.2) is 5.82 Å². The molecular formula is C14H10ClN5O3S2. The van der Waals surface area contributed by atoms with E-state index in [1.807, 2.05) is 17.5 Å². The maximum atomic E-state index is 12.0. The minimum Gasteiger partial charge on any atom is -0.324 e. The van der Waals surface area contributed by atoms with Crippen LogP contribution in [0.4, 0.5) is 11.4 Å². The van der Waals surface area contributed by atoms with Crippen molar-refractivity contribution in [2.24, 2.45) is 0 Å². The summed E-state index contributed by atoms with van der Waals surface area (Å²) in [7, 11) is 0. The standard InChI is InChI=1S/C14H10ClN5O3S2/c15-9-6-8(20(22)23)3-4-10(9)16-12(21)7-25-14-17-13(18-19-14)11-2-1-5-24-11/h1-6H,7H2,(H,16,21)(H,17,18,19). The molecule has 2 aromatic heterocycles. The first-order valence-electron chi connectivity index (χ1n) is 6.86. The van der Waals surface area contributed by atoms with E-state index in [0.29, 0.717) is 16.7 Å². The number of halogens is 1. The molecule has 8 nitrogen and oxygen atoms in total. The van der Waals surface area contributed by atoms with Crippen LogP contribution in [0.1, 0.15) is 0 Å². The zero-order chi connectivity index (χ0) is 17.8. The number of thiophene rings is 1. The fourth-order valence-electron chi connectivity index (χ4n) is 1.87. The molecule has 3 aromatic rings. The van der Waals surface area contributed by atoms with Crippen molar-refractivity contribution in [1.29, 1.82) is 0 Å². The van der Waals surface area contributed by atoms with Crippen LogP contribution in [0.15, 0.2) is 40.9 Å². The Morgan fingerprint density at radius 1 is 1.44 bits per heavy atom. The molecule has 0 aliphatic rings. The van der Waals surface area contributed by atoms with E-state index in [0.717, 1.165) is 4.88 Å². The van der Waals surface area contributed by atoms with Gasteiger partial charge in [-0.05, 0) is 17.5 Å². The van der Waals surface area contributed by atoms with Crippen LogP contribution in [0, 0.1) is 10.1 Å². The number of nitrogens with zero attached hydrogens (tertiary/aromatic N) is 3. The Balaban J connectivity index is 1.57. The van der Waals surface area contributed by atoms with Crippen LogP contribution in [-0.4, -0.2) is 31.8 Å². The van der Waals surface area contributed by atoms with Crippen molar-refractivity contribution < 1.29 is 9.72 Å². The Hall–Kier alpha value is -2.43. The molecule has 0 spiro atoms. The summed E-state index contributed by atoms with van der Waals surface area (Å²) in [5.74, 6) is 0.411. The Morgan fingerprint density at radius 3 is 2.96 bits per heavy atom. The molecule has 1 aromatic carbocycles. The molecule has 0 radical (unpaired) electrons. The van der Waals surface area contributed by atoms with Gasteiger partial charge in [-0.2, -0.15) is 0 Å². The number of nitro groups is 1. The predicted octanol–water partition coefficient (Wildman–Crippen LogP) is 3.83. The number of rotatable bonds is 6. The lowest BCUT2D eigenvalue weighted by Gasteiger charge is -2.06. The number of nitrogens with one attached hydrogen (secondary N) is 2. The van der Waals surface area contributed by atoms with Crippen molar-refractivity contribution in [2.75, 3.05) is 11.1 Å². The molecule has 11 heteroatoms. The summed E-state index contributed by atoms with van der Waals surface area (Å²) in [4.78, 5) is 27.4. The molecule has 128 valence electrons. The number of anilines is 1. The van der Waals surface area contributed by atoms with Crippen LogP contribution < -0.4 is 5.32 Å². The third kappa shape index (κ3) is 4.35. The molecule has 3 rings (SSSR count). The number of aromatic amines is 1. The number of amides is 1. The number of nitro benzene ring substituents is 1. The Kier molecular flexibility index (Phi) is 5.31. The van der Waals surface area contributed by atoms with E-state index < -0.39 is 4.92 Å². The molecule has 0 saturated heterocycles. The second kappa shape index (κ2) is 7.64. The minimum absolute atomic E-state index is 0.0784. The average Bonchev–Trinajstić information content (AvgIpc) is 3.25. The largest absolute Gasteiger partial charge is 0.324 e. The lowest BCUT2D eigenvalue weighted by molar-refractivity contribution is -0.384. The summed E-state index contributed by atoms with van der Waals surface area (Å²) >= 11 is 8.64. The van der Waals surface area contributed by atoms with Gasteiger partial charge in [-0.15, -0.1) is 16.4 Å². The minimum atomic E-state index is -0.554. The SMILES string of the molecule is O=C(CSc1n[nH]c(-c2cccs2)n1)Nc1ccc([N+](=O)[O-])cc1Cl. The number of aromatic nitrogens is 3. The molecule has 0 aliphatic heterocycles. The van der Waals surface area contributed by atoms with Crippen molar-refractivity contribution in [3.63, 3.8) is 0 Å². The van der Waals surface area contributed by atoms with Gasteiger partial charge in [0.25, 0.3) is 5.69 Å². The summed E-state index contributed by atoms with van der Waals surface area (Å²) in [6.45, 7) is 0. The molecule has 2 N–H and O–H groups in total. The van der Waals surface area contributed by atoms with Crippen LogP contribution in [0.5, 0.6) is 0 Å². The number of hydrogen-bond donors (Lipinski definition) is 2. The van der Waals surface area contributed by atoms with Crippen LogP contribution >= 0.6 is 34.7 Å². The van der Waals surface area contributed by atoms with E-state index >= 15 is 0 Å². The third-order valence-corrected chi connectivity index (χ3v) is 5.03. The second-order valence-electron chi connectivity index (χ2n) is 4.70. The van der Waals surface area contributed by atoms with Crippen molar-refractivity contribution in [3.05, 3.63) is 50.8 Å². The van der Waals surface area contributed by atoms with Crippen LogP contribution in [0.2, 0.25) is 5.02 Å². The molecule has 1 amide bonds. The molecule has 0 unspecified atom stereocenters. The van der Waals surface area contributed by atoms with Gasteiger partial charge in [-0.1, -0.05) is 29.4 Å². The normalized spacial score (nSPS) is 10.6. The first-order chi connectivity index (χ1) is 12.0. The number of hydrogen-bond acceptors (Lipinski definition) is 7. The van der Waals surface area contributed by atoms with E-state index in [4.69, 9.17) is 11.6 Å². The van der Waals surface area contributed by atoms with Crippen LogP contribution in [-0.2, 0) is 4.79 Å². The first kappa shape index (κ1) is 17.4. The lowest BCUT2D eigenvalue weighted by Crippen LogP contribution is -2.14. The molecule has 0 fully saturated rings. The zero-order valence-electron chi connectivity index (χ0n) is 12.4. The van der Waals surface area contributed by atoms with Crippen molar-refractivity contribution in [3.8, 4) is 10.7 Å². The van der Waals surface area contributed by atoms with Gasteiger partial charge in [0.1, 0.15) is 0 Å². The summed E-state index contributed by atoms with van der Waals surface area (Å²) in [6.07, 6.45) is 0. The van der Waals surface area contributed by atoms with E-state index in [1.54, 1.807) is 0 Å². The van der Waals surface area contributed by atoms with Crippen molar-refractivity contribution in [2.45, 2.75) is 5.16 Å². The Bertz CT molecular complexity index is 913. The Morgan fingerprint density at radius 2 is 2.28 bits per heavy atom. The Labute approximate surface area is 154 Å². The lowest BCUT2D eigenvalue weighted by atomic mass is 10.3. The zero-order valence-corrected chi connectivity index (χ0v) is 14.8. The summed E-state index contributed by atoms with van der Waals surface area (Å²) in [5, 5.41) is 22.6. The first-order valence-corrected chi connectivity index (χ1v) is 9.10. The fourth-order valence-corrected chi connectivity index (χ4v) is 3.35. The quantitative estimate of drug-likeness (QED) is 0.372. The van der Waals surface area contributed by atoms with Crippen molar-refractivity contribution >= 4 is 52.0 Å². The monoisotopic (exact) mass is 395 g/mol. The van der Waals surface area contributed by atoms with Crippen LogP contribution in [0.3, 0.4) is 0 Å². The highest BCUT2D eigenvalue weighted by atomic mass is 35.5. The third-order valence-electron chi connectivity index (χ3n) is 2.99. The van der Waals surface area contributed by atoms with Gasteiger partial charge in [0.2, 0.25) is 11.1 Å². The number of non-ortho nitro benzene ring substituents is 1. The average molecular weight is 396 g/mol. The predicted molar refractivity (Wildman–Crippen MR) is 97.2 cm³/mol. The number of thioether (sulfide) groups is 1. The van der Waals surface area contributed by atoms with Crippen LogP contribution in [0.25, 0.3) is 10.7 Å². The van der Waals surface area contributed by atoms with E-state index in [1.165, 1.54) is 41.3 Å². The highest BCUT2D eigenvalue weighted by Crippen LogP contribution is 2.27. The molecule has 0 bridgehead atoms. The van der Waals surface area contributed by atoms with Gasteiger partial charge < -0.3 is 5.32 Å². The van der Waals surface area contributed by atoms with Gasteiger partial charge in [-0.3, -0.25) is 20.0 Å². The summed E-state index contributed by atoms with van der Waals surface area (Å²) in [6, 6.07) is 7.69. The second-order valence-corrected chi connectivity index (χ2v) is 7.00. The maximum Gasteiger partial charge on any atom is 0.271 e. The summed E-state index contributed by atoms with van der Waals surface area (Å²) in [5.41, 5.74) is 0.173. The topological polar surface area (TPSA) is 114 Å². The van der Waals surface area contributed by atoms with Gasteiger partial charge in [0.05, 0.1) is 26.3 Å². The number of H-pyrrole nitrogens is 1. The maximum absolute atomic E-state index is 12.0. The smallest absolute Gasteiger partial charge is 0.271 e. The fraction of sp³-hybridized carbons (Fsp3) is 0.0714. The molecule has 2 heterocycles. The van der Waals surface area contributed by atoms with Gasteiger partial charge in [0, 0.05) is 12.1 Å². The molecule has 25 heavy (non-hydrogen) atoms. The highest BCUT2D eigenvalue weighted by Gasteiger charge is 2.13. The van der Waals surface area contributed by atoms with E-state index in [2.05, 4.69) is 20.5 Å². The number of carbonyl (C=O) groups excluding carboxylic acids is 1. The van der Waals surface area contributed by atoms with E-state index in [-0.39, 0.29) is 22.4 Å². The van der Waals surface area contributed by atoms with Gasteiger partial charge >= 0.3 is 0 Å². The van der Waals surface area contributed by atoms with Crippen molar-refractivity contribution in [1.82, 2.24) is 15.2 Å². The summed E-state index contributed by atoms with van der Waals surface area (Å²) < 4.78 is 0. The molecule has 0 saturated carbocycles. The van der Waals surface area contributed by atoms with E-state index in [9.17, 15) is 14.9 Å². The molecule has 0 aliphatic carbocycles. The number of carbonyl (C=O) groups is 1. The number of benzene rings is 1. The van der Waals surface area contributed by atoms with Gasteiger partial charge in [-0.25, -0.2) is 4.98 Å². The highest BCUT2D eigenvalue weighted by molar-refractivity contribution is 7.99.